The molecular formula is C21H32N2O2. The van der Waals surface area contributed by atoms with E-state index in [9.17, 15) is 9.59 Å². The quantitative estimate of drug-likeness (QED) is 0.675. The molecule has 0 aliphatic heterocycles. The van der Waals surface area contributed by atoms with Gasteiger partial charge in [0, 0.05) is 19.5 Å². The van der Waals surface area contributed by atoms with E-state index in [-0.39, 0.29) is 11.8 Å². The minimum atomic E-state index is -0.00308. The highest BCUT2D eigenvalue weighted by Crippen LogP contribution is 2.25. The molecule has 0 atom stereocenters. The Morgan fingerprint density at radius 2 is 1.80 bits per heavy atom. The number of hydrogen-bond donors (Lipinski definition) is 1. The molecule has 0 aromatic heterocycles. The minimum Gasteiger partial charge on any atom is -0.339 e. The number of carbonyl (C=O) groups is 2. The molecule has 25 heavy (non-hydrogen) atoms. The molecule has 138 valence electrons. The minimum absolute atomic E-state index is 0.00308. The van der Waals surface area contributed by atoms with Gasteiger partial charge in [-0.05, 0) is 31.4 Å². The molecule has 0 spiro atoms. The summed E-state index contributed by atoms with van der Waals surface area (Å²) in [6.07, 6.45) is 10.6. The van der Waals surface area contributed by atoms with Crippen LogP contribution in [0.5, 0.6) is 0 Å². The summed E-state index contributed by atoms with van der Waals surface area (Å²) in [5, 5.41) is 2.94. The van der Waals surface area contributed by atoms with Crippen molar-refractivity contribution in [3.8, 4) is 0 Å². The summed E-state index contributed by atoms with van der Waals surface area (Å²) in [5.74, 6) is 0.00505. The first-order chi connectivity index (χ1) is 12.1. The van der Waals surface area contributed by atoms with Crippen molar-refractivity contribution in [3.63, 3.8) is 0 Å². The van der Waals surface area contributed by atoms with Crippen LogP contribution in [-0.4, -0.2) is 29.8 Å². The third kappa shape index (κ3) is 5.87. The third-order valence-electron chi connectivity index (χ3n) is 5.13. The first kappa shape index (κ1) is 19.5. The van der Waals surface area contributed by atoms with Crippen molar-refractivity contribution < 1.29 is 9.59 Å². The lowest BCUT2D eigenvalue weighted by Gasteiger charge is -2.31. The fourth-order valence-corrected chi connectivity index (χ4v) is 3.53. The zero-order valence-electron chi connectivity index (χ0n) is 15.7. The van der Waals surface area contributed by atoms with Crippen LogP contribution in [0.25, 0.3) is 0 Å². The van der Waals surface area contributed by atoms with Crippen molar-refractivity contribution in [3.05, 3.63) is 29.8 Å². The lowest BCUT2D eigenvalue weighted by atomic mass is 9.94. The zero-order chi connectivity index (χ0) is 18.1. The maximum absolute atomic E-state index is 12.9. The van der Waals surface area contributed by atoms with Crippen molar-refractivity contribution in [1.82, 2.24) is 4.90 Å². The van der Waals surface area contributed by atoms with E-state index in [2.05, 4.69) is 12.2 Å². The Morgan fingerprint density at radius 3 is 2.52 bits per heavy atom. The van der Waals surface area contributed by atoms with Crippen LogP contribution >= 0.6 is 0 Å². The molecule has 0 saturated heterocycles. The van der Waals surface area contributed by atoms with E-state index < -0.39 is 0 Å². The van der Waals surface area contributed by atoms with Crippen molar-refractivity contribution in [2.24, 2.45) is 0 Å². The van der Waals surface area contributed by atoms with Gasteiger partial charge in [0.2, 0.25) is 5.91 Å². The fraction of sp³-hybridized carbons (Fsp3) is 0.619. The van der Waals surface area contributed by atoms with Gasteiger partial charge >= 0.3 is 0 Å². The van der Waals surface area contributed by atoms with Gasteiger partial charge in [0.15, 0.2) is 0 Å². The highest BCUT2D eigenvalue weighted by Gasteiger charge is 2.24. The normalized spacial score (nSPS) is 15.0. The van der Waals surface area contributed by atoms with Gasteiger partial charge in [-0.25, -0.2) is 0 Å². The van der Waals surface area contributed by atoms with E-state index in [1.807, 2.05) is 36.2 Å². The zero-order valence-corrected chi connectivity index (χ0v) is 15.7. The Labute approximate surface area is 152 Å². The van der Waals surface area contributed by atoms with Gasteiger partial charge in [-0.1, -0.05) is 57.6 Å². The second-order valence-electron chi connectivity index (χ2n) is 7.11. The molecule has 4 heteroatoms. The molecule has 0 heterocycles. The number of unbranched alkanes of at least 4 members (excludes halogenated alkanes) is 3. The molecule has 0 bridgehead atoms. The number of nitrogens with one attached hydrogen (secondary N) is 1. The average molecular weight is 344 g/mol. The molecule has 2 rings (SSSR count). The number of anilines is 1. The van der Waals surface area contributed by atoms with Crippen molar-refractivity contribution in [2.75, 3.05) is 12.4 Å². The molecule has 4 nitrogen and oxygen atoms in total. The van der Waals surface area contributed by atoms with E-state index in [0.29, 0.717) is 23.7 Å². The van der Waals surface area contributed by atoms with Gasteiger partial charge in [-0.2, -0.15) is 0 Å². The Morgan fingerprint density at radius 1 is 1.08 bits per heavy atom. The Hall–Kier alpha value is -1.84. The maximum atomic E-state index is 12.9. The summed E-state index contributed by atoms with van der Waals surface area (Å²) in [6, 6.07) is 7.68. The monoisotopic (exact) mass is 344 g/mol. The van der Waals surface area contributed by atoms with E-state index in [1.165, 1.54) is 19.3 Å². The van der Waals surface area contributed by atoms with E-state index >= 15 is 0 Å². The molecular weight excluding hydrogens is 312 g/mol. The smallest absolute Gasteiger partial charge is 0.255 e. The van der Waals surface area contributed by atoms with E-state index in [1.54, 1.807) is 0 Å². The number of benzene rings is 1. The lowest BCUT2D eigenvalue weighted by molar-refractivity contribution is -0.116. The Kier molecular flexibility index (Phi) is 7.96. The largest absolute Gasteiger partial charge is 0.339 e. The highest BCUT2D eigenvalue weighted by atomic mass is 16.2. The van der Waals surface area contributed by atoms with Crippen LogP contribution in [-0.2, 0) is 4.79 Å². The SMILES string of the molecule is CCCCCCC(=O)Nc1ccccc1C(=O)N(C)C1CCCCC1. The first-order valence-electron chi connectivity index (χ1n) is 9.79. The van der Waals surface area contributed by atoms with Crippen LogP contribution < -0.4 is 5.32 Å². The van der Waals surface area contributed by atoms with Crippen LogP contribution in [0.2, 0.25) is 0 Å². The summed E-state index contributed by atoms with van der Waals surface area (Å²) in [4.78, 5) is 27.0. The van der Waals surface area contributed by atoms with Crippen LogP contribution in [0.3, 0.4) is 0 Å². The predicted molar refractivity (Wildman–Crippen MR) is 103 cm³/mol. The molecule has 1 N–H and O–H groups in total. The standard InChI is InChI=1S/C21H32N2O2/c1-3-4-5-9-16-20(24)22-19-15-11-10-14-18(19)21(25)23(2)17-12-7-6-8-13-17/h10-11,14-15,17H,3-9,12-13,16H2,1-2H3,(H,22,24). The topological polar surface area (TPSA) is 49.4 Å². The number of hydrogen-bond acceptors (Lipinski definition) is 2. The lowest BCUT2D eigenvalue weighted by Crippen LogP contribution is -2.38. The summed E-state index contributed by atoms with van der Waals surface area (Å²) in [5.41, 5.74) is 1.23. The van der Waals surface area contributed by atoms with Crippen molar-refractivity contribution >= 4 is 17.5 Å². The molecule has 1 saturated carbocycles. The maximum Gasteiger partial charge on any atom is 0.255 e. The summed E-state index contributed by atoms with van der Waals surface area (Å²) in [6.45, 7) is 2.16. The Bertz CT molecular complexity index is 565. The number of carbonyl (C=O) groups excluding carboxylic acids is 2. The molecule has 1 aromatic carbocycles. The number of rotatable bonds is 8. The van der Waals surface area contributed by atoms with Gasteiger partial charge in [0.1, 0.15) is 0 Å². The summed E-state index contributed by atoms with van der Waals surface area (Å²) < 4.78 is 0. The molecule has 1 fully saturated rings. The molecule has 0 unspecified atom stereocenters. The number of nitrogens with zero attached hydrogens (tertiary/aromatic N) is 1. The van der Waals surface area contributed by atoms with Gasteiger partial charge in [0.25, 0.3) is 5.91 Å². The third-order valence-corrected chi connectivity index (χ3v) is 5.13. The van der Waals surface area contributed by atoms with Crippen LogP contribution in [0.1, 0.15) is 81.5 Å². The van der Waals surface area contributed by atoms with Gasteiger partial charge in [-0.15, -0.1) is 0 Å². The van der Waals surface area contributed by atoms with Gasteiger partial charge in [-0.3, -0.25) is 9.59 Å². The first-order valence-corrected chi connectivity index (χ1v) is 9.79. The van der Waals surface area contributed by atoms with Crippen molar-refractivity contribution in [2.45, 2.75) is 77.2 Å². The molecule has 1 aliphatic rings. The second-order valence-corrected chi connectivity index (χ2v) is 7.11. The Balaban J connectivity index is 1.98. The van der Waals surface area contributed by atoms with Crippen LogP contribution in [0, 0.1) is 0 Å². The number of amides is 2. The molecule has 2 amide bonds. The van der Waals surface area contributed by atoms with E-state index in [0.717, 1.165) is 38.5 Å². The summed E-state index contributed by atoms with van der Waals surface area (Å²) >= 11 is 0. The predicted octanol–water partition coefficient (Wildman–Crippen LogP) is 5.00. The van der Waals surface area contributed by atoms with Crippen LogP contribution in [0.15, 0.2) is 24.3 Å². The molecule has 0 radical (unpaired) electrons. The summed E-state index contributed by atoms with van der Waals surface area (Å²) in [7, 11) is 1.89. The van der Waals surface area contributed by atoms with Gasteiger partial charge in [0.05, 0.1) is 11.3 Å². The second kappa shape index (κ2) is 10.2. The average Bonchev–Trinajstić information content (AvgIpc) is 2.65. The molecule has 1 aromatic rings. The molecule has 1 aliphatic carbocycles. The van der Waals surface area contributed by atoms with Crippen LogP contribution in [0.4, 0.5) is 5.69 Å². The fourth-order valence-electron chi connectivity index (χ4n) is 3.53. The highest BCUT2D eigenvalue weighted by molar-refractivity contribution is 6.03. The van der Waals surface area contributed by atoms with E-state index in [4.69, 9.17) is 0 Å². The van der Waals surface area contributed by atoms with Gasteiger partial charge < -0.3 is 10.2 Å². The van der Waals surface area contributed by atoms with Crippen molar-refractivity contribution in [1.29, 1.82) is 0 Å². The number of para-hydroxylation sites is 1.